The van der Waals surface area contributed by atoms with E-state index in [0.717, 1.165) is 19.4 Å². The summed E-state index contributed by atoms with van der Waals surface area (Å²) in [6.07, 6.45) is 2.37. The maximum absolute atomic E-state index is 11.6. The van der Waals surface area contributed by atoms with Crippen LogP contribution in [0.15, 0.2) is 0 Å². The van der Waals surface area contributed by atoms with Gasteiger partial charge in [-0.3, -0.25) is 4.79 Å². The summed E-state index contributed by atoms with van der Waals surface area (Å²) in [6.45, 7) is 13.1. The van der Waals surface area contributed by atoms with E-state index < -0.39 is 0 Å². The Bertz CT molecular complexity index is 257. The molecule has 108 valence electrons. The summed E-state index contributed by atoms with van der Waals surface area (Å²) in [7, 11) is 1.96. The van der Waals surface area contributed by atoms with Crippen molar-refractivity contribution < 1.29 is 9.53 Å². The third kappa shape index (κ3) is 7.83. The lowest BCUT2D eigenvalue weighted by molar-refractivity contribution is -0.123. The van der Waals surface area contributed by atoms with E-state index in [4.69, 9.17) is 4.74 Å². The van der Waals surface area contributed by atoms with Crippen LogP contribution in [0.1, 0.15) is 60.8 Å². The molecule has 0 aliphatic carbocycles. The minimum atomic E-state index is -0.214. The van der Waals surface area contributed by atoms with Crippen molar-refractivity contribution in [3.8, 4) is 0 Å². The van der Waals surface area contributed by atoms with Crippen molar-refractivity contribution in [2.75, 3.05) is 13.7 Å². The van der Waals surface area contributed by atoms with Crippen LogP contribution >= 0.6 is 0 Å². The molecule has 3 nitrogen and oxygen atoms in total. The lowest BCUT2D eigenvalue weighted by Crippen LogP contribution is -2.38. The molecule has 0 radical (unpaired) electrons. The fraction of sp³-hybridized carbons (Fsp3) is 0.933. The van der Waals surface area contributed by atoms with Gasteiger partial charge in [0.2, 0.25) is 0 Å². The van der Waals surface area contributed by atoms with Gasteiger partial charge in [0.05, 0.1) is 5.60 Å². The monoisotopic (exact) mass is 257 g/mol. The van der Waals surface area contributed by atoms with Gasteiger partial charge in [-0.05, 0) is 47.6 Å². The third-order valence-electron chi connectivity index (χ3n) is 3.51. The average Bonchev–Trinajstić information content (AvgIpc) is 2.25. The zero-order valence-electron chi connectivity index (χ0n) is 13.2. The van der Waals surface area contributed by atoms with Gasteiger partial charge in [0.1, 0.15) is 5.78 Å². The zero-order valence-corrected chi connectivity index (χ0v) is 13.2. The highest BCUT2D eigenvalue weighted by molar-refractivity contribution is 5.80. The summed E-state index contributed by atoms with van der Waals surface area (Å²) in [5.41, 5.74) is -0.113. The fourth-order valence-electron chi connectivity index (χ4n) is 1.49. The maximum Gasteiger partial charge on any atom is 0.135 e. The molecule has 3 heteroatoms. The number of Topliss-reactive ketones (excluding diaryl/α,β-unsaturated/α-hetero) is 1. The number of hydrogen-bond donors (Lipinski definition) is 1. The minimum Gasteiger partial charge on any atom is -0.375 e. The van der Waals surface area contributed by atoms with Gasteiger partial charge in [-0.1, -0.05) is 13.8 Å². The summed E-state index contributed by atoms with van der Waals surface area (Å²) >= 11 is 0. The van der Waals surface area contributed by atoms with E-state index in [0.29, 0.717) is 12.2 Å². The number of ether oxygens (including phenoxy) is 1. The van der Waals surface area contributed by atoms with Crippen LogP contribution in [0.5, 0.6) is 0 Å². The summed E-state index contributed by atoms with van der Waals surface area (Å²) in [5, 5.41) is 3.26. The molecule has 0 aromatic heterocycles. The largest absolute Gasteiger partial charge is 0.375 e. The van der Waals surface area contributed by atoms with Gasteiger partial charge in [0, 0.05) is 24.5 Å². The number of carbonyl (C=O) groups is 1. The molecule has 0 aromatic rings. The Hall–Kier alpha value is -0.410. The molecule has 1 N–H and O–H groups in total. The van der Waals surface area contributed by atoms with E-state index in [2.05, 4.69) is 33.0 Å². The predicted octanol–water partition coefficient (Wildman–Crippen LogP) is 3.18. The van der Waals surface area contributed by atoms with Crippen LogP contribution in [0, 0.1) is 5.92 Å². The van der Waals surface area contributed by atoms with Crippen LogP contribution in [0.2, 0.25) is 0 Å². The van der Waals surface area contributed by atoms with Crippen LogP contribution in [-0.4, -0.2) is 30.6 Å². The normalized spacial score (nSPS) is 13.1. The Morgan fingerprint density at radius 2 is 1.72 bits per heavy atom. The third-order valence-corrected chi connectivity index (χ3v) is 3.51. The van der Waals surface area contributed by atoms with E-state index in [9.17, 15) is 4.79 Å². The molecule has 18 heavy (non-hydrogen) atoms. The van der Waals surface area contributed by atoms with Crippen molar-refractivity contribution in [3.63, 3.8) is 0 Å². The van der Waals surface area contributed by atoms with Gasteiger partial charge in [0.15, 0.2) is 0 Å². The molecule has 0 saturated heterocycles. The van der Waals surface area contributed by atoms with E-state index in [-0.39, 0.29) is 17.1 Å². The van der Waals surface area contributed by atoms with E-state index in [1.807, 2.05) is 20.9 Å². The van der Waals surface area contributed by atoms with Crippen LogP contribution in [-0.2, 0) is 9.53 Å². The van der Waals surface area contributed by atoms with E-state index in [1.165, 1.54) is 0 Å². The van der Waals surface area contributed by atoms with Gasteiger partial charge in [0.25, 0.3) is 0 Å². The molecule has 0 unspecified atom stereocenters. The number of rotatable bonds is 9. The van der Waals surface area contributed by atoms with Crippen molar-refractivity contribution in [1.82, 2.24) is 5.32 Å². The lowest BCUT2D eigenvalue weighted by atomic mass is 9.96. The Kier molecular flexibility index (Phi) is 7.08. The van der Waals surface area contributed by atoms with Crippen molar-refractivity contribution >= 4 is 5.78 Å². The molecule has 0 amide bonds. The first-order valence-electron chi connectivity index (χ1n) is 6.95. The quantitative estimate of drug-likeness (QED) is 0.689. The van der Waals surface area contributed by atoms with Gasteiger partial charge in [-0.2, -0.15) is 0 Å². The second kappa shape index (κ2) is 7.25. The fourth-order valence-corrected chi connectivity index (χ4v) is 1.49. The summed E-state index contributed by atoms with van der Waals surface area (Å²) in [5.74, 6) is 0.450. The van der Waals surface area contributed by atoms with Crippen molar-refractivity contribution in [2.24, 2.45) is 5.92 Å². The molecule has 0 spiro atoms. The first kappa shape index (κ1) is 17.6. The van der Waals surface area contributed by atoms with Gasteiger partial charge in [-0.25, -0.2) is 0 Å². The average molecular weight is 257 g/mol. The smallest absolute Gasteiger partial charge is 0.135 e. The zero-order chi connectivity index (χ0) is 14.4. The number of hydrogen-bond acceptors (Lipinski definition) is 3. The Labute approximate surface area is 113 Å². The molecule has 0 aliphatic heterocycles. The highest BCUT2D eigenvalue weighted by Gasteiger charge is 2.22. The maximum atomic E-state index is 11.6. The second-order valence-corrected chi connectivity index (χ2v) is 6.61. The molecule has 0 aliphatic rings. The Morgan fingerprint density at radius 3 is 2.17 bits per heavy atom. The van der Waals surface area contributed by atoms with Gasteiger partial charge >= 0.3 is 0 Å². The van der Waals surface area contributed by atoms with Crippen molar-refractivity contribution in [1.29, 1.82) is 0 Å². The van der Waals surface area contributed by atoms with Crippen LogP contribution in [0.4, 0.5) is 0 Å². The van der Waals surface area contributed by atoms with Crippen molar-refractivity contribution in [3.05, 3.63) is 0 Å². The number of ketones is 1. The molecule has 0 atom stereocenters. The van der Waals surface area contributed by atoms with Gasteiger partial charge < -0.3 is 10.1 Å². The molecule has 0 bridgehead atoms. The van der Waals surface area contributed by atoms with Crippen LogP contribution in [0.3, 0.4) is 0 Å². The second-order valence-electron chi connectivity index (χ2n) is 6.61. The Balaban J connectivity index is 3.97. The van der Waals surface area contributed by atoms with Crippen LogP contribution < -0.4 is 5.32 Å². The molecule has 0 fully saturated rings. The molecule has 0 rings (SSSR count). The predicted molar refractivity (Wildman–Crippen MR) is 76.9 cm³/mol. The van der Waals surface area contributed by atoms with E-state index in [1.54, 1.807) is 0 Å². The SMILES string of the molecule is CNC(C)(C)CCOC(C)(C)CCC(=O)C(C)C. The van der Waals surface area contributed by atoms with Crippen LogP contribution in [0.25, 0.3) is 0 Å². The number of nitrogens with one attached hydrogen (secondary N) is 1. The molecule has 0 saturated carbocycles. The number of carbonyl (C=O) groups excluding carboxylic acids is 1. The summed E-state index contributed by atoms with van der Waals surface area (Å²) in [6, 6.07) is 0. The highest BCUT2D eigenvalue weighted by Crippen LogP contribution is 2.20. The first-order valence-corrected chi connectivity index (χ1v) is 6.95. The lowest BCUT2D eigenvalue weighted by Gasteiger charge is -2.29. The van der Waals surface area contributed by atoms with Crippen molar-refractivity contribution in [2.45, 2.75) is 71.9 Å². The molecule has 0 aromatic carbocycles. The standard InChI is InChI=1S/C15H31NO2/c1-12(2)13(17)8-9-15(5,6)18-11-10-14(3,4)16-7/h12,16H,8-11H2,1-7H3. The van der Waals surface area contributed by atoms with E-state index >= 15 is 0 Å². The molecule has 0 heterocycles. The topological polar surface area (TPSA) is 38.3 Å². The molecular weight excluding hydrogens is 226 g/mol. The minimum absolute atomic E-state index is 0.101. The highest BCUT2D eigenvalue weighted by atomic mass is 16.5. The summed E-state index contributed by atoms with van der Waals surface area (Å²) in [4.78, 5) is 11.6. The Morgan fingerprint density at radius 1 is 1.17 bits per heavy atom. The van der Waals surface area contributed by atoms with Gasteiger partial charge in [-0.15, -0.1) is 0 Å². The summed E-state index contributed by atoms with van der Waals surface area (Å²) < 4.78 is 5.91. The first-order chi connectivity index (χ1) is 8.09. The molecular formula is C15H31NO2.